The number of aromatic nitrogens is 1. The summed E-state index contributed by atoms with van der Waals surface area (Å²) < 4.78 is 16.7. The van der Waals surface area contributed by atoms with E-state index < -0.39 is 34.9 Å². The third-order valence-electron chi connectivity index (χ3n) is 10.8. The van der Waals surface area contributed by atoms with Gasteiger partial charge >= 0.3 is 18.2 Å². The second kappa shape index (κ2) is 23.7. The zero-order valence-electron chi connectivity index (χ0n) is 40.2. The fourth-order valence-electron chi connectivity index (χ4n) is 7.76. The summed E-state index contributed by atoms with van der Waals surface area (Å²) in [6.07, 6.45) is 0.877. The van der Waals surface area contributed by atoms with Gasteiger partial charge in [-0.2, -0.15) is 0 Å². The lowest BCUT2D eigenvalue weighted by molar-refractivity contribution is -0.129. The van der Waals surface area contributed by atoms with E-state index in [0.717, 1.165) is 27.8 Å². The highest BCUT2D eigenvalue weighted by Crippen LogP contribution is 2.40. The van der Waals surface area contributed by atoms with E-state index in [-0.39, 0.29) is 24.6 Å². The van der Waals surface area contributed by atoms with E-state index in [2.05, 4.69) is 57.5 Å². The number of nitrogens with one attached hydrogen (secondary N) is 4. The SMILES string of the molecule is CC(C)(C)OC(=O)NCCCN(CCCNC(=O)OC(C)(C)C)C(=N)N1CCc2cc(OCCO/N=C(\C(=O)O)c3csc(NC(c4ccccc4)(c4ccccc4)c4ccccc4)n3)ccc2C1. The Hall–Kier alpha value is -7.14. The minimum atomic E-state index is -1.28. The average Bonchev–Trinajstić information content (AvgIpc) is 3.78. The molecule has 0 atom stereocenters. The molecule has 1 aliphatic rings. The van der Waals surface area contributed by atoms with E-state index in [1.165, 1.54) is 11.3 Å². The predicted octanol–water partition coefficient (Wildman–Crippen LogP) is 8.86. The zero-order chi connectivity index (χ0) is 49.4. The van der Waals surface area contributed by atoms with Crippen LogP contribution in [0.2, 0.25) is 0 Å². The van der Waals surface area contributed by atoms with Crippen molar-refractivity contribution >= 4 is 46.3 Å². The molecule has 0 unspecified atom stereocenters. The summed E-state index contributed by atoms with van der Waals surface area (Å²) in [5.41, 5.74) is 2.89. The number of rotatable bonds is 20. The Bertz CT molecular complexity index is 2380. The number of anilines is 1. The number of aliphatic carboxylic acids is 1. The quantitative estimate of drug-likeness (QED) is 0.0163. The van der Waals surface area contributed by atoms with Crippen molar-refractivity contribution in [2.24, 2.45) is 5.16 Å². The molecule has 1 aromatic heterocycles. The number of carboxylic acid groups (broad SMARTS) is 1. The summed E-state index contributed by atoms with van der Waals surface area (Å²) in [5.74, 6) is -0.286. The number of alkyl carbamates (subject to hydrolysis) is 2. The van der Waals surface area contributed by atoms with Gasteiger partial charge in [0.1, 0.15) is 34.8 Å². The highest BCUT2D eigenvalue weighted by Gasteiger charge is 2.37. The molecule has 0 saturated heterocycles. The van der Waals surface area contributed by atoms with Gasteiger partial charge < -0.3 is 49.9 Å². The number of ether oxygens (including phenoxy) is 3. The van der Waals surface area contributed by atoms with Crippen molar-refractivity contribution in [1.82, 2.24) is 25.4 Å². The monoisotopic (exact) mass is 960 g/mol. The number of carboxylic acids is 1. The number of carbonyl (C=O) groups is 3. The minimum absolute atomic E-state index is 0.0103. The molecule has 16 nitrogen and oxygen atoms in total. The maximum absolute atomic E-state index is 12.5. The lowest BCUT2D eigenvalue weighted by Crippen LogP contribution is -2.47. The largest absolute Gasteiger partial charge is 0.490 e. The third-order valence-corrected chi connectivity index (χ3v) is 11.6. The Morgan fingerprint density at radius 2 is 1.30 bits per heavy atom. The van der Waals surface area contributed by atoms with Crippen LogP contribution in [0, 0.1) is 5.41 Å². The van der Waals surface area contributed by atoms with Gasteiger partial charge in [0.05, 0.1) is 0 Å². The molecule has 0 spiro atoms. The van der Waals surface area contributed by atoms with E-state index in [9.17, 15) is 24.9 Å². The number of oxime groups is 1. The highest BCUT2D eigenvalue weighted by atomic mass is 32.1. The van der Waals surface area contributed by atoms with Gasteiger partial charge in [-0.3, -0.25) is 5.41 Å². The van der Waals surface area contributed by atoms with Gasteiger partial charge in [-0.05, 0) is 101 Å². The summed E-state index contributed by atoms with van der Waals surface area (Å²) in [5, 5.41) is 34.8. The summed E-state index contributed by atoms with van der Waals surface area (Å²) >= 11 is 1.28. The first-order valence-corrected chi connectivity index (χ1v) is 24.0. The Balaban J connectivity index is 1.04. The number of hydrogen-bond acceptors (Lipinski definition) is 12. The Kier molecular flexibility index (Phi) is 17.6. The van der Waals surface area contributed by atoms with Crippen LogP contribution in [-0.2, 0) is 37.6 Å². The number of fused-ring (bicyclic) bond motifs is 1. The summed E-state index contributed by atoms with van der Waals surface area (Å²) in [6, 6.07) is 36.0. The van der Waals surface area contributed by atoms with Crippen LogP contribution in [0.1, 0.15) is 87.9 Å². The van der Waals surface area contributed by atoms with Gasteiger partial charge in [-0.15, -0.1) is 11.3 Å². The smallest absolute Gasteiger partial charge is 0.407 e. The summed E-state index contributed by atoms with van der Waals surface area (Å²) in [6.45, 7) is 13.9. The molecule has 2 amide bonds. The molecule has 5 aromatic rings. The van der Waals surface area contributed by atoms with Crippen molar-refractivity contribution in [3.63, 3.8) is 0 Å². The molecule has 0 fully saturated rings. The molecule has 69 heavy (non-hydrogen) atoms. The molecule has 0 saturated carbocycles. The Morgan fingerprint density at radius 1 is 0.768 bits per heavy atom. The summed E-state index contributed by atoms with van der Waals surface area (Å²) in [7, 11) is 0. The number of thiazole rings is 1. The van der Waals surface area contributed by atoms with Gasteiger partial charge in [0.15, 0.2) is 17.7 Å². The molecular formula is C52H64N8O8S. The maximum atomic E-state index is 12.5. The molecule has 0 bridgehead atoms. The zero-order valence-corrected chi connectivity index (χ0v) is 41.1. The van der Waals surface area contributed by atoms with Crippen LogP contribution in [0.25, 0.3) is 0 Å². The average molecular weight is 961 g/mol. The van der Waals surface area contributed by atoms with Crippen LogP contribution in [0.5, 0.6) is 5.75 Å². The minimum Gasteiger partial charge on any atom is -0.490 e. The second-order valence-corrected chi connectivity index (χ2v) is 19.3. The Labute approximate surface area is 408 Å². The van der Waals surface area contributed by atoms with Crippen LogP contribution < -0.4 is 20.7 Å². The van der Waals surface area contributed by atoms with Crippen LogP contribution in [0.3, 0.4) is 0 Å². The first-order chi connectivity index (χ1) is 33.0. The van der Waals surface area contributed by atoms with E-state index in [4.69, 9.17) is 24.0 Å². The number of carbonyl (C=O) groups excluding carboxylic acids is 2. The topological polar surface area (TPSA) is 200 Å². The first-order valence-electron chi connectivity index (χ1n) is 23.1. The van der Waals surface area contributed by atoms with Crippen LogP contribution in [0.15, 0.2) is 120 Å². The third kappa shape index (κ3) is 14.9. The van der Waals surface area contributed by atoms with Crippen molar-refractivity contribution in [2.45, 2.75) is 84.1 Å². The molecule has 2 heterocycles. The molecule has 17 heteroatoms. The predicted molar refractivity (Wildman–Crippen MR) is 268 cm³/mol. The maximum Gasteiger partial charge on any atom is 0.407 e. The molecule has 366 valence electrons. The highest BCUT2D eigenvalue weighted by molar-refractivity contribution is 7.14. The van der Waals surface area contributed by atoms with Gasteiger partial charge in [-0.25, -0.2) is 19.4 Å². The van der Waals surface area contributed by atoms with Gasteiger partial charge in [0, 0.05) is 44.6 Å². The van der Waals surface area contributed by atoms with Gasteiger partial charge in [-0.1, -0.05) is 102 Å². The van der Waals surface area contributed by atoms with Crippen molar-refractivity contribution < 1.29 is 38.5 Å². The molecule has 0 radical (unpaired) electrons. The summed E-state index contributed by atoms with van der Waals surface area (Å²) in [4.78, 5) is 51.1. The number of nitrogens with zero attached hydrogens (tertiary/aromatic N) is 4. The number of hydrogen-bond donors (Lipinski definition) is 5. The lowest BCUT2D eigenvalue weighted by Gasteiger charge is -2.36. The van der Waals surface area contributed by atoms with E-state index in [1.807, 2.05) is 124 Å². The molecule has 5 N–H and O–H groups in total. The van der Waals surface area contributed by atoms with E-state index in [1.54, 1.807) is 5.38 Å². The fourth-order valence-corrected chi connectivity index (χ4v) is 8.51. The lowest BCUT2D eigenvalue weighted by atomic mass is 9.77. The van der Waals surface area contributed by atoms with Gasteiger partial charge in [0.2, 0.25) is 5.71 Å². The molecule has 1 aliphatic heterocycles. The van der Waals surface area contributed by atoms with Crippen LogP contribution >= 0.6 is 11.3 Å². The Morgan fingerprint density at radius 3 is 1.81 bits per heavy atom. The van der Waals surface area contributed by atoms with Crippen molar-refractivity contribution in [3.8, 4) is 5.75 Å². The van der Waals surface area contributed by atoms with Gasteiger partial charge in [0.25, 0.3) is 0 Å². The van der Waals surface area contributed by atoms with Crippen LogP contribution in [-0.4, -0.2) is 107 Å². The van der Waals surface area contributed by atoms with E-state index in [0.29, 0.717) is 75.4 Å². The van der Waals surface area contributed by atoms with Crippen molar-refractivity contribution in [1.29, 1.82) is 5.41 Å². The first kappa shape index (κ1) is 51.3. The molecule has 6 rings (SSSR count). The normalized spacial score (nSPS) is 12.8. The second-order valence-electron chi connectivity index (χ2n) is 18.4. The van der Waals surface area contributed by atoms with Crippen molar-refractivity contribution in [2.75, 3.05) is 51.3 Å². The van der Waals surface area contributed by atoms with Crippen molar-refractivity contribution in [3.05, 3.63) is 148 Å². The fraction of sp³-hybridized carbons (Fsp3) is 0.385. The molecule has 4 aromatic carbocycles. The van der Waals surface area contributed by atoms with Crippen LogP contribution in [0.4, 0.5) is 14.7 Å². The molecular weight excluding hydrogens is 897 g/mol. The van der Waals surface area contributed by atoms with E-state index >= 15 is 0 Å². The molecule has 0 aliphatic carbocycles. The standard InChI is InChI=1S/C52H64N8O8S/c1-50(2,3)67-48(63)54-27-16-29-59(30-17-28-55-49(64)68-51(4,5)6)46(53)60-31-26-37-34-42(25-24-38(37)35-60)65-32-33-66-58-44(45(61)62)43-36-69-47(56-43)57-52(39-18-10-7-11-19-39,40-20-12-8-13-21-40)41-22-14-9-15-23-41/h7-15,18-25,34,36,53H,16-17,26-33,35H2,1-6H3,(H,54,63)(H,55,64)(H,56,57)(H,61,62)/b53-46?,58-44-. The number of amides is 2. The number of guanidine groups is 1. The number of benzene rings is 4.